The first kappa shape index (κ1) is 9.21. The van der Waals surface area contributed by atoms with Gasteiger partial charge in [-0.2, -0.15) is 5.10 Å². The third kappa shape index (κ3) is 1.77. The van der Waals surface area contributed by atoms with Crippen LogP contribution in [-0.4, -0.2) is 33.6 Å². The Hall–Kier alpha value is -1.36. The number of nitrogens with zero attached hydrogens (tertiary/aromatic N) is 2. The number of hydrogen-bond donors (Lipinski definition) is 1. The molecule has 2 atom stereocenters. The summed E-state index contributed by atoms with van der Waals surface area (Å²) < 4.78 is 6.88. The van der Waals surface area contributed by atoms with Crippen molar-refractivity contribution in [3.05, 3.63) is 18.5 Å². The largest absolute Gasteiger partial charge is 0.479 e. The Labute approximate surface area is 81.3 Å². The van der Waals surface area contributed by atoms with Crippen LogP contribution in [0.15, 0.2) is 18.5 Å². The van der Waals surface area contributed by atoms with Gasteiger partial charge in [-0.1, -0.05) is 0 Å². The maximum atomic E-state index is 10.8. The molecule has 1 aliphatic heterocycles. The second-order valence-electron chi connectivity index (χ2n) is 3.41. The third-order valence-corrected chi connectivity index (χ3v) is 2.44. The summed E-state index contributed by atoms with van der Waals surface area (Å²) in [6.45, 7) is 1.15. The summed E-state index contributed by atoms with van der Waals surface area (Å²) in [5.41, 5.74) is 0. The minimum absolute atomic E-state index is 0.0346. The normalized spacial score (nSPS) is 26.6. The lowest BCUT2D eigenvalue weighted by Crippen LogP contribution is -2.29. The number of carboxylic acid groups (broad SMARTS) is 1. The molecule has 14 heavy (non-hydrogen) atoms. The molecule has 0 aromatic carbocycles. The van der Waals surface area contributed by atoms with Crippen molar-refractivity contribution >= 4 is 5.97 Å². The van der Waals surface area contributed by atoms with Crippen molar-refractivity contribution in [2.75, 3.05) is 6.61 Å². The van der Waals surface area contributed by atoms with Gasteiger partial charge in [0.25, 0.3) is 0 Å². The second kappa shape index (κ2) is 3.79. The van der Waals surface area contributed by atoms with Crippen molar-refractivity contribution in [2.24, 2.45) is 5.92 Å². The van der Waals surface area contributed by atoms with E-state index in [-0.39, 0.29) is 5.92 Å². The van der Waals surface area contributed by atoms with Gasteiger partial charge in [0.15, 0.2) is 6.10 Å². The average Bonchev–Trinajstić information content (AvgIpc) is 2.75. The van der Waals surface area contributed by atoms with Gasteiger partial charge in [0.1, 0.15) is 0 Å². The molecule has 5 nitrogen and oxygen atoms in total. The minimum Gasteiger partial charge on any atom is -0.479 e. The van der Waals surface area contributed by atoms with E-state index in [1.54, 1.807) is 10.9 Å². The summed E-state index contributed by atoms with van der Waals surface area (Å²) in [7, 11) is 0. The van der Waals surface area contributed by atoms with Gasteiger partial charge in [-0.3, -0.25) is 4.68 Å². The smallest absolute Gasteiger partial charge is 0.333 e. The van der Waals surface area contributed by atoms with E-state index in [1.165, 1.54) is 0 Å². The van der Waals surface area contributed by atoms with Crippen LogP contribution in [0.5, 0.6) is 0 Å². The molecule has 1 aliphatic rings. The summed E-state index contributed by atoms with van der Waals surface area (Å²) in [6.07, 6.45) is 3.64. The van der Waals surface area contributed by atoms with Crippen LogP contribution >= 0.6 is 0 Å². The van der Waals surface area contributed by atoms with Gasteiger partial charge in [0.2, 0.25) is 0 Å². The molecule has 0 bridgehead atoms. The number of ether oxygens (including phenoxy) is 1. The van der Waals surface area contributed by atoms with Crippen LogP contribution < -0.4 is 0 Å². The van der Waals surface area contributed by atoms with Gasteiger partial charge in [0, 0.05) is 31.5 Å². The van der Waals surface area contributed by atoms with Gasteiger partial charge in [-0.05, 0) is 12.5 Å². The maximum absolute atomic E-state index is 10.8. The highest BCUT2D eigenvalue weighted by Gasteiger charge is 2.34. The van der Waals surface area contributed by atoms with E-state index in [1.807, 2.05) is 12.3 Å². The van der Waals surface area contributed by atoms with E-state index in [4.69, 9.17) is 9.84 Å². The number of rotatable bonds is 3. The highest BCUT2D eigenvalue weighted by molar-refractivity contribution is 5.73. The molecule has 1 saturated heterocycles. The Kier molecular flexibility index (Phi) is 2.49. The van der Waals surface area contributed by atoms with Crippen LogP contribution in [0.1, 0.15) is 6.42 Å². The van der Waals surface area contributed by atoms with Crippen LogP contribution in [0.25, 0.3) is 0 Å². The molecule has 0 radical (unpaired) electrons. The Morgan fingerprint density at radius 3 is 3.21 bits per heavy atom. The Balaban J connectivity index is 2.00. The highest BCUT2D eigenvalue weighted by Crippen LogP contribution is 2.22. The lowest BCUT2D eigenvalue weighted by molar-refractivity contribution is -0.149. The summed E-state index contributed by atoms with van der Waals surface area (Å²) >= 11 is 0. The lowest BCUT2D eigenvalue weighted by Gasteiger charge is -2.13. The molecule has 1 fully saturated rings. The molecule has 0 amide bonds. The molecule has 5 heteroatoms. The van der Waals surface area contributed by atoms with Crippen LogP contribution in [0, 0.1) is 5.92 Å². The molecule has 2 rings (SSSR count). The molecule has 2 heterocycles. The van der Waals surface area contributed by atoms with Gasteiger partial charge < -0.3 is 9.84 Å². The average molecular weight is 196 g/mol. The van der Waals surface area contributed by atoms with E-state index >= 15 is 0 Å². The van der Waals surface area contributed by atoms with Gasteiger partial charge in [0.05, 0.1) is 0 Å². The van der Waals surface area contributed by atoms with Crippen LogP contribution in [0.2, 0.25) is 0 Å². The minimum atomic E-state index is -0.875. The fraction of sp³-hybridized carbons (Fsp3) is 0.556. The standard InChI is InChI=1S/C9H12N2O3/c12-9(13)8-7(2-5-14-8)6-11-4-1-3-10-11/h1,3-4,7-8H,2,5-6H2,(H,12,13)/t7-,8-/m0/s1. The molecule has 0 unspecified atom stereocenters. The van der Waals surface area contributed by atoms with Crippen LogP contribution in [0.3, 0.4) is 0 Å². The van der Waals surface area contributed by atoms with Crippen molar-refractivity contribution in [3.8, 4) is 0 Å². The van der Waals surface area contributed by atoms with Crippen LogP contribution in [0.4, 0.5) is 0 Å². The first-order chi connectivity index (χ1) is 6.77. The van der Waals surface area contributed by atoms with Gasteiger partial charge >= 0.3 is 5.97 Å². The molecule has 0 aliphatic carbocycles. The molecular weight excluding hydrogens is 184 g/mol. The monoisotopic (exact) mass is 196 g/mol. The predicted octanol–water partition coefficient (Wildman–Crippen LogP) is 0.373. The second-order valence-corrected chi connectivity index (χ2v) is 3.41. The summed E-state index contributed by atoms with van der Waals surface area (Å²) in [5, 5.41) is 12.9. The number of carboxylic acids is 1. The molecule has 76 valence electrons. The Morgan fingerprint density at radius 1 is 1.71 bits per heavy atom. The number of hydrogen-bond acceptors (Lipinski definition) is 3. The van der Waals surface area contributed by atoms with Crippen molar-refractivity contribution in [1.29, 1.82) is 0 Å². The number of aromatic nitrogens is 2. The zero-order valence-corrected chi connectivity index (χ0v) is 7.67. The lowest BCUT2D eigenvalue weighted by atomic mass is 10.0. The third-order valence-electron chi connectivity index (χ3n) is 2.44. The maximum Gasteiger partial charge on any atom is 0.333 e. The summed E-state index contributed by atoms with van der Waals surface area (Å²) in [5.74, 6) is -0.841. The number of carbonyl (C=O) groups is 1. The molecule has 1 aromatic heterocycles. The topological polar surface area (TPSA) is 64.3 Å². The highest BCUT2D eigenvalue weighted by atomic mass is 16.5. The SMILES string of the molecule is O=C(O)[C@H]1OCC[C@H]1Cn1cccn1. The molecular formula is C9H12N2O3. The van der Waals surface area contributed by atoms with E-state index in [2.05, 4.69) is 5.10 Å². The molecule has 0 spiro atoms. The first-order valence-corrected chi connectivity index (χ1v) is 4.59. The fourth-order valence-electron chi connectivity index (χ4n) is 1.74. The molecule has 1 aromatic rings. The summed E-state index contributed by atoms with van der Waals surface area (Å²) in [4.78, 5) is 10.8. The van der Waals surface area contributed by atoms with Crippen molar-refractivity contribution < 1.29 is 14.6 Å². The van der Waals surface area contributed by atoms with Crippen LogP contribution in [-0.2, 0) is 16.1 Å². The fourth-order valence-corrected chi connectivity index (χ4v) is 1.74. The van der Waals surface area contributed by atoms with E-state index in [9.17, 15) is 4.79 Å². The zero-order valence-electron chi connectivity index (χ0n) is 7.67. The van der Waals surface area contributed by atoms with Gasteiger partial charge in [-0.15, -0.1) is 0 Å². The zero-order chi connectivity index (χ0) is 9.97. The van der Waals surface area contributed by atoms with E-state index < -0.39 is 12.1 Å². The molecule has 1 N–H and O–H groups in total. The Bertz CT molecular complexity index is 310. The summed E-state index contributed by atoms with van der Waals surface area (Å²) in [6, 6.07) is 1.82. The predicted molar refractivity (Wildman–Crippen MR) is 47.7 cm³/mol. The van der Waals surface area contributed by atoms with Crippen molar-refractivity contribution in [3.63, 3.8) is 0 Å². The molecule has 0 saturated carbocycles. The van der Waals surface area contributed by atoms with Crippen molar-refractivity contribution in [1.82, 2.24) is 9.78 Å². The quantitative estimate of drug-likeness (QED) is 0.758. The van der Waals surface area contributed by atoms with Crippen molar-refractivity contribution in [2.45, 2.75) is 19.1 Å². The van der Waals surface area contributed by atoms with E-state index in [0.29, 0.717) is 13.2 Å². The number of aliphatic carboxylic acids is 1. The van der Waals surface area contributed by atoms with Gasteiger partial charge in [-0.25, -0.2) is 4.79 Å². The van der Waals surface area contributed by atoms with E-state index in [0.717, 1.165) is 6.42 Å². The Morgan fingerprint density at radius 2 is 2.57 bits per heavy atom. The first-order valence-electron chi connectivity index (χ1n) is 4.59.